The van der Waals surface area contributed by atoms with Crippen molar-refractivity contribution in [3.05, 3.63) is 53.8 Å². The van der Waals surface area contributed by atoms with E-state index in [1.54, 1.807) is 12.1 Å². The molecule has 122 valence electrons. The zero-order chi connectivity index (χ0) is 17.0. The molecule has 8 heteroatoms. The Labute approximate surface area is 132 Å². The second-order valence-corrected chi connectivity index (χ2v) is 6.44. The van der Waals surface area contributed by atoms with Crippen molar-refractivity contribution in [1.29, 1.82) is 0 Å². The Morgan fingerprint density at radius 1 is 1.30 bits per heavy atom. The minimum atomic E-state index is -4.61. The van der Waals surface area contributed by atoms with Crippen LogP contribution >= 0.6 is 7.75 Å². The van der Waals surface area contributed by atoms with E-state index >= 15 is 0 Å². The Hall–Kier alpha value is -2.21. The summed E-state index contributed by atoms with van der Waals surface area (Å²) >= 11 is 0. The van der Waals surface area contributed by atoms with E-state index < -0.39 is 19.4 Å². The Morgan fingerprint density at radius 3 is 2.70 bits per heavy atom. The summed E-state index contributed by atoms with van der Waals surface area (Å²) in [6, 6.07) is 6.48. The largest absolute Gasteiger partial charge is 0.508 e. The first kappa shape index (κ1) is 17.1. The molecule has 0 aromatic heterocycles. The number of carbonyl (C=O) groups is 2. The van der Waals surface area contributed by atoms with Crippen molar-refractivity contribution in [1.82, 2.24) is 5.09 Å². The number of rotatable bonds is 6. The van der Waals surface area contributed by atoms with E-state index in [-0.39, 0.29) is 23.7 Å². The lowest BCUT2D eigenvalue weighted by atomic mass is 9.91. The van der Waals surface area contributed by atoms with Gasteiger partial charge >= 0.3 is 7.75 Å². The van der Waals surface area contributed by atoms with Gasteiger partial charge in [-0.25, -0.2) is 4.57 Å². The molecular weight excluding hydrogens is 321 g/mol. The highest BCUT2D eigenvalue weighted by Gasteiger charge is 2.27. The molecule has 0 saturated carbocycles. The van der Waals surface area contributed by atoms with Gasteiger partial charge in [-0.2, -0.15) is 0 Å². The fourth-order valence-electron chi connectivity index (χ4n) is 2.27. The first-order chi connectivity index (χ1) is 10.7. The van der Waals surface area contributed by atoms with Crippen LogP contribution in [0.3, 0.4) is 0 Å². The van der Waals surface area contributed by atoms with Crippen LogP contribution in [-0.4, -0.2) is 26.5 Å². The van der Waals surface area contributed by atoms with Crippen molar-refractivity contribution in [2.75, 3.05) is 0 Å². The van der Waals surface area contributed by atoms with Gasteiger partial charge in [-0.1, -0.05) is 18.2 Å². The standard InChI is InChI=1S/C15H16NO6P/c17-11-3-1-2-10(8-11)4-7-15(19)13-6-5-12(18)9-14(13)16-23(20,21)22/h1-3,5-6,8-9,13,17H,4,7H2,(H3,16,20,21,22). The lowest BCUT2D eigenvalue weighted by Gasteiger charge is -2.20. The van der Waals surface area contributed by atoms with Crippen molar-refractivity contribution in [2.24, 2.45) is 5.92 Å². The molecule has 0 heterocycles. The van der Waals surface area contributed by atoms with Gasteiger partial charge in [-0.3, -0.25) is 14.7 Å². The summed E-state index contributed by atoms with van der Waals surface area (Å²) < 4.78 is 11.1. The molecule has 1 aliphatic carbocycles. The molecule has 0 spiro atoms. The molecule has 0 saturated heterocycles. The summed E-state index contributed by atoms with van der Waals surface area (Å²) in [5.74, 6) is -1.54. The van der Waals surface area contributed by atoms with Crippen LogP contribution in [0.4, 0.5) is 0 Å². The zero-order valence-corrected chi connectivity index (χ0v) is 12.9. The predicted molar refractivity (Wildman–Crippen MR) is 82.3 cm³/mol. The highest BCUT2D eigenvalue weighted by Crippen LogP contribution is 2.33. The smallest absolute Gasteiger partial charge is 0.427 e. The number of nitrogens with one attached hydrogen (secondary N) is 1. The number of ketones is 2. The van der Waals surface area contributed by atoms with E-state index in [9.17, 15) is 19.3 Å². The number of hydrogen-bond donors (Lipinski definition) is 4. The normalized spacial score (nSPS) is 17.7. The van der Waals surface area contributed by atoms with Crippen LogP contribution in [-0.2, 0) is 20.6 Å². The Morgan fingerprint density at radius 2 is 2.04 bits per heavy atom. The second-order valence-electron chi connectivity index (χ2n) is 5.13. The fourth-order valence-corrected chi connectivity index (χ4v) is 2.81. The lowest BCUT2D eigenvalue weighted by Crippen LogP contribution is -2.26. The van der Waals surface area contributed by atoms with Gasteiger partial charge in [0.15, 0.2) is 5.78 Å². The molecule has 1 unspecified atom stereocenters. The van der Waals surface area contributed by atoms with Crippen LogP contribution < -0.4 is 5.09 Å². The Balaban J connectivity index is 2.07. The third kappa shape index (κ3) is 5.17. The van der Waals surface area contributed by atoms with E-state index in [0.717, 1.165) is 11.6 Å². The van der Waals surface area contributed by atoms with Crippen molar-refractivity contribution < 1.29 is 29.0 Å². The minimum Gasteiger partial charge on any atom is -0.508 e. The van der Waals surface area contributed by atoms with E-state index in [1.807, 2.05) is 5.09 Å². The van der Waals surface area contributed by atoms with Gasteiger partial charge in [0.05, 0.1) is 5.92 Å². The fraction of sp³-hybridized carbons (Fsp3) is 0.200. The molecule has 7 nitrogen and oxygen atoms in total. The number of allylic oxidation sites excluding steroid dienone is 3. The van der Waals surface area contributed by atoms with E-state index in [2.05, 4.69) is 0 Å². The lowest BCUT2D eigenvalue weighted by molar-refractivity contribution is -0.120. The summed E-state index contributed by atoms with van der Waals surface area (Å²) in [4.78, 5) is 41.6. The molecule has 0 amide bonds. The third-order valence-corrected chi connectivity index (χ3v) is 3.83. The monoisotopic (exact) mass is 337 g/mol. The molecular formula is C15H16NO6P. The number of phenolic OH excluding ortho intramolecular Hbond substituents is 1. The SMILES string of the molecule is O=C1C=CC(C(=O)CCc2cccc(O)c2)C(NP(=O)(O)O)=C1. The molecule has 1 aromatic carbocycles. The van der Waals surface area contributed by atoms with Gasteiger partial charge < -0.3 is 14.9 Å². The number of aromatic hydroxyl groups is 1. The van der Waals surface area contributed by atoms with Crippen LogP contribution in [0.1, 0.15) is 12.0 Å². The third-order valence-electron chi connectivity index (χ3n) is 3.28. The maximum atomic E-state index is 12.3. The van der Waals surface area contributed by atoms with Gasteiger partial charge in [0, 0.05) is 18.2 Å². The Bertz CT molecular complexity index is 733. The number of hydrogen-bond acceptors (Lipinski definition) is 4. The summed E-state index contributed by atoms with van der Waals surface area (Å²) in [5.41, 5.74) is 0.662. The molecule has 2 rings (SSSR count). The molecule has 1 atom stereocenters. The van der Waals surface area contributed by atoms with Crippen molar-refractivity contribution in [3.8, 4) is 5.75 Å². The van der Waals surface area contributed by atoms with Crippen LogP contribution in [0, 0.1) is 5.92 Å². The molecule has 0 radical (unpaired) electrons. The summed E-state index contributed by atoms with van der Waals surface area (Å²) in [6.45, 7) is 0. The number of carbonyl (C=O) groups excluding carboxylic acids is 2. The Kier molecular flexibility index (Phi) is 5.15. The quantitative estimate of drug-likeness (QED) is 0.575. The minimum absolute atomic E-state index is 0.0989. The van der Waals surface area contributed by atoms with Crippen LogP contribution in [0.2, 0.25) is 0 Å². The van der Waals surface area contributed by atoms with Gasteiger partial charge in [0.1, 0.15) is 11.5 Å². The molecule has 1 aliphatic rings. The van der Waals surface area contributed by atoms with Gasteiger partial charge in [0.25, 0.3) is 0 Å². The van der Waals surface area contributed by atoms with Crippen LogP contribution in [0.25, 0.3) is 0 Å². The maximum absolute atomic E-state index is 12.3. The number of aryl methyl sites for hydroxylation is 1. The molecule has 0 fully saturated rings. The zero-order valence-electron chi connectivity index (χ0n) is 12.0. The molecule has 0 bridgehead atoms. The molecule has 0 aliphatic heterocycles. The van der Waals surface area contributed by atoms with E-state index in [1.165, 1.54) is 24.3 Å². The molecule has 4 N–H and O–H groups in total. The first-order valence-corrected chi connectivity index (χ1v) is 8.44. The number of benzene rings is 1. The maximum Gasteiger partial charge on any atom is 0.427 e. The van der Waals surface area contributed by atoms with Gasteiger partial charge in [-0.05, 0) is 30.2 Å². The molecule has 23 heavy (non-hydrogen) atoms. The van der Waals surface area contributed by atoms with Gasteiger partial charge in [0.2, 0.25) is 0 Å². The highest BCUT2D eigenvalue weighted by molar-refractivity contribution is 7.49. The predicted octanol–water partition coefficient (Wildman–Crippen LogP) is 1.22. The van der Waals surface area contributed by atoms with E-state index in [4.69, 9.17) is 9.79 Å². The van der Waals surface area contributed by atoms with Gasteiger partial charge in [-0.15, -0.1) is 0 Å². The summed E-state index contributed by atoms with van der Waals surface area (Å²) in [5, 5.41) is 11.3. The van der Waals surface area contributed by atoms with Crippen molar-refractivity contribution in [3.63, 3.8) is 0 Å². The highest BCUT2D eigenvalue weighted by atomic mass is 31.2. The van der Waals surface area contributed by atoms with Crippen LogP contribution in [0.5, 0.6) is 5.75 Å². The number of phenols is 1. The second kappa shape index (κ2) is 6.91. The van der Waals surface area contributed by atoms with Crippen LogP contribution in [0.15, 0.2) is 48.2 Å². The summed E-state index contributed by atoms with van der Waals surface area (Å²) in [7, 11) is -4.61. The summed E-state index contributed by atoms with van der Waals surface area (Å²) in [6.07, 6.45) is 4.00. The average Bonchev–Trinajstić information content (AvgIpc) is 2.43. The average molecular weight is 337 g/mol. The van der Waals surface area contributed by atoms with Crippen molar-refractivity contribution >= 4 is 19.3 Å². The topological polar surface area (TPSA) is 124 Å². The van der Waals surface area contributed by atoms with Crippen molar-refractivity contribution in [2.45, 2.75) is 12.8 Å². The molecule has 1 aromatic rings. The van der Waals surface area contributed by atoms with E-state index in [0.29, 0.717) is 6.42 Å². The number of Topliss-reactive ketones (excluding diaryl/α,β-unsaturated/α-hetero) is 1. The first-order valence-electron chi connectivity index (χ1n) is 6.83.